The first kappa shape index (κ1) is 13.5. The number of hydrogen-bond acceptors (Lipinski definition) is 6. The third-order valence-electron chi connectivity index (χ3n) is 2.53. The first-order valence-corrected chi connectivity index (χ1v) is 5.87. The van der Waals surface area contributed by atoms with Gasteiger partial charge < -0.3 is 20.7 Å². The molecule has 6 heteroatoms. The third-order valence-corrected chi connectivity index (χ3v) is 2.53. The Labute approximate surface area is 102 Å². The maximum atomic E-state index is 5.57. The molecule has 1 heterocycles. The van der Waals surface area contributed by atoms with Gasteiger partial charge in [-0.25, -0.2) is 0 Å². The van der Waals surface area contributed by atoms with Crippen molar-refractivity contribution in [3.63, 3.8) is 0 Å². The molecule has 1 aromatic heterocycles. The number of nitrogens with one attached hydrogen (secondary N) is 1. The summed E-state index contributed by atoms with van der Waals surface area (Å²) in [4.78, 5) is 10.3. The minimum Gasteiger partial charge on any atom is -0.476 e. The lowest BCUT2D eigenvalue weighted by Crippen LogP contribution is -2.28. The van der Waals surface area contributed by atoms with Crippen molar-refractivity contribution in [1.82, 2.24) is 14.9 Å². The molecule has 0 atom stereocenters. The van der Waals surface area contributed by atoms with Crippen LogP contribution >= 0.6 is 0 Å². The van der Waals surface area contributed by atoms with Gasteiger partial charge in [-0.05, 0) is 13.1 Å². The molecule has 0 aromatic carbocycles. The minimum absolute atomic E-state index is 0.217. The van der Waals surface area contributed by atoms with Gasteiger partial charge in [0.1, 0.15) is 12.4 Å². The van der Waals surface area contributed by atoms with Gasteiger partial charge >= 0.3 is 0 Å². The van der Waals surface area contributed by atoms with E-state index in [4.69, 9.17) is 10.5 Å². The normalized spacial score (nSPS) is 10.6. The van der Waals surface area contributed by atoms with E-state index in [0.717, 1.165) is 19.6 Å². The largest absolute Gasteiger partial charge is 0.476 e. The highest BCUT2D eigenvalue weighted by Crippen LogP contribution is 2.13. The Morgan fingerprint density at radius 3 is 2.65 bits per heavy atom. The lowest BCUT2D eigenvalue weighted by Gasteiger charge is -2.17. The first-order valence-electron chi connectivity index (χ1n) is 5.87. The molecule has 0 aliphatic carbocycles. The zero-order chi connectivity index (χ0) is 12.7. The molecule has 0 bridgehead atoms. The molecule has 0 unspecified atom stereocenters. The number of nitrogens with two attached hydrogens (primary N) is 1. The Hall–Kier alpha value is -1.56. The van der Waals surface area contributed by atoms with E-state index in [2.05, 4.69) is 34.0 Å². The van der Waals surface area contributed by atoms with Crippen molar-refractivity contribution in [2.45, 2.75) is 13.8 Å². The van der Waals surface area contributed by atoms with Gasteiger partial charge in [0.2, 0.25) is 11.8 Å². The summed E-state index contributed by atoms with van der Waals surface area (Å²) in [5.41, 5.74) is 5.57. The molecule has 0 aliphatic rings. The predicted molar refractivity (Wildman–Crippen MR) is 69.3 cm³/mol. The second-order valence-corrected chi connectivity index (χ2v) is 3.57. The number of likely N-dealkylation sites (N-methyl/N-ethyl adjacent to an activating group) is 1. The van der Waals surface area contributed by atoms with Crippen LogP contribution < -0.4 is 15.8 Å². The van der Waals surface area contributed by atoms with Gasteiger partial charge in [-0.3, -0.25) is 0 Å². The summed E-state index contributed by atoms with van der Waals surface area (Å²) in [6.45, 7) is 7.78. The van der Waals surface area contributed by atoms with Gasteiger partial charge in [-0.1, -0.05) is 13.8 Å². The van der Waals surface area contributed by atoms with Crippen molar-refractivity contribution in [3.05, 3.63) is 6.07 Å². The molecule has 0 fully saturated rings. The summed E-state index contributed by atoms with van der Waals surface area (Å²) in [6, 6.07) is 1.73. The molecule has 1 rings (SSSR count). The monoisotopic (exact) mass is 239 g/mol. The molecule has 0 aliphatic heterocycles. The van der Waals surface area contributed by atoms with Gasteiger partial charge in [0.25, 0.3) is 0 Å². The Balaban J connectivity index is 2.48. The Bertz CT molecular complexity index is 341. The summed E-state index contributed by atoms with van der Waals surface area (Å²) < 4.78 is 5.55. The summed E-state index contributed by atoms with van der Waals surface area (Å²) in [5, 5.41) is 2.91. The molecule has 0 spiro atoms. The predicted octanol–water partition coefficient (Wildman–Crippen LogP) is 0.821. The molecule has 17 heavy (non-hydrogen) atoms. The SMILES string of the molecule is CCN(CC)CCOc1cc(NC)nc(N)n1. The fraction of sp³-hybridized carbons (Fsp3) is 0.636. The second-order valence-electron chi connectivity index (χ2n) is 3.57. The lowest BCUT2D eigenvalue weighted by molar-refractivity contribution is 0.218. The van der Waals surface area contributed by atoms with E-state index in [1.165, 1.54) is 0 Å². The van der Waals surface area contributed by atoms with E-state index in [1.807, 2.05) is 0 Å². The molecule has 0 amide bonds. The average Bonchev–Trinajstić information content (AvgIpc) is 2.34. The van der Waals surface area contributed by atoms with Gasteiger partial charge in [-0.2, -0.15) is 9.97 Å². The van der Waals surface area contributed by atoms with Crippen molar-refractivity contribution in [3.8, 4) is 5.88 Å². The van der Waals surface area contributed by atoms with Gasteiger partial charge in [0.15, 0.2) is 0 Å². The highest BCUT2D eigenvalue weighted by atomic mass is 16.5. The standard InChI is InChI=1S/C11H21N5O/c1-4-16(5-2)6-7-17-10-8-9(13-3)14-11(12)15-10/h8H,4-7H2,1-3H3,(H3,12,13,14,15). The highest BCUT2D eigenvalue weighted by molar-refractivity contribution is 5.41. The van der Waals surface area contributed by atoms with Crippen molar-refractivity contribution in [2.24, 2.45) is 0 Å². The fourth-order valence-corrected chi connectivity index (χ4v) is 1.46. The average molecular weight is 239 g/mol. The molecular weight excluding hydrogens is 218 g/mol. The maximum absolute atomic E-state index is 5.57. The number of ether oxygens (including phenoxy) is 1. The van der Waals surface area contributed by atoms with E-state index in [0.29, 0.717) is 18.3 Å². The van der Waals surface area contributed by atoms with Crippen LogP contribution in [0.4, 0.5) is 11.8 Å². The number of rotatable bonds is 7. The van der Waals surface area contributed by atoms with E-state index < -0.39 is 0 Å². The topological polar surface area (TPSA) is 76.3 Å². The zero-order valence-electron chi connectivity index (χ0n) is 10.7. The Morgan fingerprint density at radius 2 is 2.06 bits per heavy atom. The van der Waals surface area contributed by atoms with Crippen LogP contribution in [-0.2, 0) is 0 Å². The number of aromatic nitrogens is 2. The van der Waals surface area contributed by atoms with Crippen molar-refractivity contribution >= 4 is 11.8 Å². The Morgan fingerprint density at radius 1 is 1.35 bits per heavy atom. The second kappa shape index (κ2) is 6.90. The maximum Gasteiger partial charge on any atom is 0.225 e. The quantitative estimate of drug-likeness (QED) is 0.733. The zero-order valence-corrected chi connectivity index (χ0v) is 10.7. The number of nitrogens with zero attached hydrogens (tertiary/aromatic N) is 3. The van der Waals surface area contributed by atoms with Gasteiger partial charge in [0, 0.05) is 19.7 Å². The van der Waals surface area contributed by atoms with Crippen LogP contribution in [0.2, 0.25) is 0 Å². The van der Waals surface area contributed by atoms with Crippen LogP contribution in [0, 0.1) is 0 Å². The minimum atomic E-state index is 0.217. The van der Waals surface area contributed by atoms with Crippen LogP contribution in [0.5, 0.6) is 5.88 Å². The summed E-state index contributed by atoms with van der Waals surface area (Å²) >= 11 is 0. The molecule has 0 radical (unpaired) electrons. The molecule has 0 saturated carbocycles. The molecule has 3 N–H and O–H groups in total. The van der Waals surface area contributed by atoms with E-state index in [1.54, 1.807) is 13.1 Å². The van der Waals surface area contributed by atoms with Crippen molar-refractivity contribution < 1.29 is 4.74 Å². The summed E-state index contributed by atoms with van der Waals surface area (Å²) in [7, 11) is 1.78. The first-order chi connectivity index (χ1) is 8.19. The van der Waals surface area contributed by atoms with Crippen molar-refractivity contribution in [1.29, 1.82) is 0 Å². The van der Waals surface area contributed by atoms with Gasteiger partial charge in [-0.15, -0.1) is 0 Å². The number of anilines is 2. The Kier molecular flexibility index (Phi) is 5.48. The van der Waals surface area contributed by atoms with E-state index >= 15 is 0 Å². The van der Waals surface area contributed by atoms with Gasteiger partial charge in [0.05, 0.1) is 0 Å². The van der Waals surface area contributed by atoms with Crippen LogP contribution in [0.15, 0.2) is 6.07 Å². The van der Waals surface area contributed by atoms with Crippen LogP contribution in [0.3, 0.4) is 0 Å². The lowest BCUT2D eigenvalue weighted by atomic mass is 10.5. The molecule has 96 valence electrons. The third kappa shape index (κ3) is 4.44. The van der Waals surface area contributed by atoms with Crippen LogP contribution in [0.1, 0.15) is 13.8 Å². The molecular formula is C11H21N5O. The molecule has 1 aromatic rings. The number of nitrogen functional groups attached to an aromatic ring is 1. The smallest absolute Gasteiger partial charge is 0.225 e. The van der Waals surface area contributed by atoms with E-state index in [9.17, 15) is 0 Å². The van der Waals surface area contributed by atoms with E-state index in [-0.39, 0.29) is 5.95 Å². The summed E-state index contributed by atoms with van der Waals surface area (Å²) in [6.07, 6.45) is 0. The summed E-state index contributed by atoms with van der Waals surface area (Å²) in [5.74, 6) is 1.39. The van der Waals surface area contributed by atoms with Crippen LogP contribution in [0.25, 0.3) is 0 Å². The molecule has 6 nitrogen and oxygen atoms in total. The molecule has 0 saturated heterocycles. The van der Waals surface area contributed by atoms with Crippen molar-refractivity contribution in [2.75, 3.05) is 44.3 Å². The van der Waals surface area contributed by atoms with Crippen LogP contribution in [-0.4, -0.2) is 48.2 Å². The fourth-order valence-electron chi connectivity index (χ4n) is 1.46. The highest BCUT2D eigenvalue weighted by Gasteiger charge is 2.03. The number of hydrogen-bond donors (Lipinski definition) is 2.